The maximum atomic E-state index is 11.5. The van der Waals surface area contributed by atoms with Crippen LogP contribution in [0.25, 0.3) is 0 Å². The van der Waals surface area contributed by atoms with Crippen molar-refractivity contribution in [1.82, 2.24) is 5.32 Å². The number of hydrogen-bond acceptors (Lipinski definition) is 3. The van der Waals surface area contributed by atoms with E-state index in [0.29, 0.717) is 17.4 Å². The van der Waals surface area contributed by atoms with E-state index >= 15 is 0 Å². The molecule has 4 heteroatoms. The van der Waals surface area contributed by atoms with E-state index in [4.69, 9.17) is 0 Å². The summed E-state index contributed by atoms with van der Waals surface area (Å²) in [6.07, 6.45) is 2.75. The van der Waals surface area contributed by atoms with Gasteiger partial charge in [-0.05, 0) is 43.4 Å². The van der Waals surface area contributed by atoms with Crippen molar-refractivity contribution in [3.05, 3.63) is 35.4 Å². The second-order valence-electron chi connectivity index (χ2n) is 5.44. The molecule has 1 aliphatic heterocycles. The summed E-state index contributed by atoms with van der Waals surface area (Å²) in [4.78, 5) is 0. The van der Waals surface area contributed by atoms with Gasteiger partial charge in [0, 0.05) is 6.04 Å². The predicted octanol–water partition coefficient (Wildman–Crippen LogP) is 2.33. The number of nitrogens with one attached hydrogen (secondary N) is 1. The molecule has 106 valence electrons. The molecule has 0 spiro atoms. The minimum absolute atomic E-state index is 0.254. The lowest BCUT2D eigenvalue weighted by atomic mass is 9.93. The smallest absolute Gasteiger partial charge is 0.150 e. The quantitative estimate of drug-likeness (QED) is 0.901. The van der Waals surface area contributed by atoms with Crippen LogP contribution >= 0.6 is 0 Å². The van der Waals surface area contributed by atoms with Crippen LogP contribution in [0.1, 0.15) is 36.9 Å². The summed E-state index contributed by atoms with van der Waals surface area (Å²) in [7, 11) is -0.821. The summed E-state index contributed by atoms with van der Waals surface area (Å²) >= 11 is 0. The molecule has 0 bridgehead atoms. The normalized spacial score (nSPS) is 23.4. The van der Waals surface area contributed by atoms with Gasteiger partial charge >= 0.3 is 0 Å². The Morgan fingerprint density at radius 1 is 1.42 bits per heavy atom. The summed E-state index contributed by atoms with van der Waals surface area (Å²) in [5.41, 5.74) is 2.60. The standard InChI is InChI=1S/C15H23NO2S/c1-3-12-5-4-6-14(9-12)15(16-2)10-13-7-8-19(17,18)11-13/h4-6,9,13,15-16H,3,7-8,10-11H2,1-2H3. The van der Waals surface area contributed by atoms with Crippen molar-refractivity contribution in [3.8, 4) is 0 Å². The van der Waals surface area contributed by atoms with Crippen LogP contribution in [0.5, 0.6) is 0 Å². The molecule has 1 aromatic carbocycles. The van der Waals surface area contributed by atoms with Gasteiger partial charge in [0.1, 0.15) is 0 Å². The van der Waals surface area contributed by atoms with Crippen molar-refractivity contribution in [2.45, 2.75) is 32.2 Å². The lowest BCUT2D eigenvalue weighted by molar-refractivity contribution is 0.437. The highest BCUT2D eigenvalue weighted by Crippen LogP contribution is 2.29. The number of hydrogen-bond donors (Lipinski definition) is 1. The highest BCUT2D eigenvalue weighted by molar-refractivity contribution is 7.91. The lowest BCUT2D eigenvalue weighted by Crippen LogP contribution is -2.20. The zero-order valence-corrected chi connectivity index (χ0v) is 12.5. The second-order valence-corrected chi connectivity index (χ2v) is 7.67. The first-order valence-electron chi connectivity index (χ1n) is 7.00. The first-order valence-corrected chi connectivity index (χ1v) is 8.82. The zero-order chi connectivity index (χ0) is 13.9. The highest BCUT2D eigenvalue weighted by Gasteiger charge is 2.29. The Morgan fingerprint density at radius 3 is 2.79 bits per heavy atom. The largest absolute Gasteiger partial charge is 0.313 e. The Kier molecular flexibility index (Phi) is 4.63. The van der Waals surface area contributed by atoms with Gasteiger partial charge in [0.05, 0.1) is 11.5 Å². The zero-order valence-electron chi connectivity index (χ0n) is 11.7. The topological polar surface area (TPSA) is 46.2 Å². The van der Waals surface area contributed by atoms with Gasteiger partial charge in [-0.2, -0.15) is 0 Å². The van der Waals surface area contributed by atoms with E-state index in [1.165, 1.54) is 11.1 Å². The van der Waals surface area contributed by atoms with Crippen LogP contribution in [0.15, 0.2) is 24.3 Å². The molecule has 3 nitrogen and oxygen atoms in total. The van der Waals surface area contributed by atoms with Crippen LogP contribution in [-0.4, -0.2) is 27.0 Å². The Labute approximate surface area is 116 Å². The molecule has 1 saturated heterocycles. The maximum Gasteiger partial charge on any atom is 0.150 e. The molecule has 0 aliphatic carbocycles. The van der Waals surface area contributed by atoms with Gasteiger partial charge in [0.25, 0.3) is 0 Å². The van der Waals surface area contributed by atoms with Gasteiger partial charge in [-0.3, -0.25) is 0 Å². The van der Waals surface area contributed by atoms with Gasteiger partial charge in [0.15, 0.2) is 9.84 Å². The monoisotopic (exact) mass is 281 g/mol. The number of aryl methyl sites for hydroxylation is 1. The minimum atomic E-state index is -2.77. The van der Waals surface area contributed by atoms with Crippen LogP contribution in [0.3, 0.4) is 0 Å². The molecule has 1 fully saturated rings. The van der Waals surface area contributed by atoms with Gasteiger partial charge < -0.3 is 5.32 Å². The Morgan fingerprint density at radius 2 is 2.21 bits per heavy atom. The fraction of sp³-hybridized carbons (Fsp3) is 0.600. The molecule has 0 saturated carbocycles. The van der Waals surface area contributed by atoms with Crippen molar-refractivity contribution in [3.63, 3.8) is 0 Å². The van der Waals surface area contributed by atoms with Gasteiger partial charge in [0.2, 0.25) is 0 Å². The molecule has 1 aromatic rings. The van der Waals surface area contributed by atoms with Crippen LogP contribution in [0.4, 0.5) is 0 Å². The molecule has 1 N–H and O–H groups in total. The summed E-state index contributed by atoms with van der Waals surface area (Å²) in [6.45, 7) is 2.15. The molecule has 0 amide bonds. The van der Waals surface area contributed by atoms with E-state index in [1.807, 2.05) is 7.05 Å². The van der Waals surface area contributed by atoms with E-state index in [9.17, 15) is 8.42 Å². The minimum Gasteiger partial charge on any atom is -0.313 e. The molecule has 1 heterocycles. The molecular weight excluding hydrogens is 258 g/mol. The third-order valence-electron chi connectivity index (χ3n) is 4.01. The van der Waals surface area contributed by atoms with Crippen molar-refractivity contribution in [1.29, 1.82) is 0 Å². The Hall–Kier alpha value is -0.870. The third kappa shape index (κ3) is 3.80. The third-order valence-corrected chi connectivity index (χ3v) is 5.84. The Balaban J connectivity index is 2.07. The molecule has 2 unspecified atom stereocenters. The predicted molar refractivity (Wildman–Crippen MR) is 79.0 cm³/mol. The van der Waals surface area contributed by atoms with Crippen molar-refractivity contribution < 1.29 is 8.42 Å². The van der Waals surface area contributed by atoms with E-state index < -0.39 is 9.84 Å². The van der Waals surface area contributed by atoms with Crippen LogP contribution in [0, 0.1) is 5.92 Å². The van der Waals surface area contributed by atoms with Gasteiger partial charge in [-0.1, -0.05) is 31.2 Å². The molecule has 0 aromatic heterocycles. The van der Waals surface area contributed by atoms with Crippen LogP contribution in [0.2, 0.25) is 0 Å². The van der Waals surface area contributed by atoms with E-state index in [0.717, 1.165) is 19.3 Å². The molecule has 0 radical (unpaired) electrons. The first kappa shape index (κ1) is 14.5. The van der Waals surface area contributed by atoms with E-state index in [-0.39, 0.29) is 6.04 Å². The number of benzene rings is 1. The summed E-state index contributed by atoms with van der Waals surface area (Å²) in [6, 6.07) is 8.83. The fourth-order valence-corrected chi connectivity index (χ4v) is 4.72. The van der Waals surface area contributed by atoms with Crippen molar-refractivity contribution >= 4 is 9.84 Å². The lowest BCUT2D eigenvalue weighted by Gasteiger charge is -2.20. The second kappa shape index (κ2) is 6.06. The van der Waals surface area contributed by atoms with Gasteiger partial charge in [-0.25, -0.2) is 8.42 Å². The van der Waals surface area contributed by atoms with Crippen LogP contribution < -0.4 is 5.32 Å². The number of sulfone groups is 1. The molecule has 19 heavy (non-hydrogen) atoms. The molecule has 2 atom stereocenters. The average molecular weight is 281 g/mol. The van der Waals surface area contributed by atoms with Crippen molar-refractivity contribution in [2.75, 3.05) is 18.6 Å². The first-order chi connectivity index (χ1) is 9.04. The maximum absolute atomic E-state index is 11.5. The fourth-order valence-electron chi connectivity index (χ4n) is 2.84. The molecule has 2 rings (SSSR count). The van der Waals surface area contributed by atoms with Gasteiger partial charge in [-0.15, -0.1) is 0 Å². The summed E-state index contributed by atoms with van der Waals surface area (Å²) < 4.78 is 23.1. The molecule has 1 aliphatic rings. The van der Waals surface area contributed by atoms with E-state index in [1.54, 1.807) is 0 Å². The van der Waals surface area contributed by atoms with Crippen molar-refractivity contribution in [2.24, 2.45) is 5.92 Å². The van der Waals surface area contributed by atoms with E-state index in [2.05, 4.69) is 36.5 Å². The summed E-state index contributed by atoms with van der Waals surface area (Å²) in [5.74, 6) is 1.02. The number of rotatable bonds is 5. The average Bonchev–Trinajstić information content (AvgIpc) is 2.75. The highest BCUT2D eigenvalue weighted by atomic mass is 32.2. The SMILES string of the molecule is CCc1cccc(C(CC2CCS(=O)(=O)C2)NC)c1. The van der Waals surface area contributed by atoms with Crippen LogP contribution in [-0.2, 0) is 16.3 Å². The Bertz CT molecular complexity index is 525. The molecular formula is C15H23NO2S. The summed E-state index contributed by atoms with van der Waals surface area (Å²) in [5, 5.41) is 3.33.